The van der Waals surface area contributed by atoms with Crippen molar-refractivity contribution in [3.05, 3.63) is 58.5 Å². The van der Waals surface area contributed by atoms with Crippen molar-refractivity contribution < 1.29 is 17.9 Å². The van der Waals surface area contributed by atoms with E-state index < -0.39 is 15.9 Å². The maximum atomic E-state index is 13.3. The molecule has 0 bridgehead atoms. The van der Waals surface area contributed by atoms with E-state index in [0.29, 0.717) is 42.5 Å². The van der Waals surface area contributed by atoms with Crippen LogP contribution in [0.3, 0.4) is 0 Å². The first kappa shape index (κ1) is 23.9. The number of piperidine rings is 1. The van der Waals surface area contributed by atoms with Crippen LogP contribution in [0, 0.1) is 0 Å². The second-order valence-corrected chi connectivity index (χ2v) is 10.1. The van der Waals surface area contributed by atoms with Gasteiger partial charge >= 0.3 is 0 Å². The molecule has 0 spiro atoms. The SMILES string of the molecule is CCCn1nc(C(=O)Nc2ccc(OC)c(S(=O)(=O)N3CCCCC3)c2)c2ccccc2c1=O. The zero-order valence-electron chi connectivity index (χ0n) is 19.3. The number of nitrogens with zero attached hydrogens (tertiary/aromatic N) is 3. The van der Waals surface area contributed by atoms with Crippen LogP contribution >= 0.6 is 0 Å². The van der Waals surface area contributed by atoms with Crippen molar-refractivity contribution in [2.45, 2.75) is 44.0 Å². The summed E-state index contributed by atoms with van der Waals surface area (Å²) in [6.07, 6.45) is 3.30. The molecule has 0 unspecified atom stereocenters. The number of rotatable bonds is 7. The smallest absolute Gasteiger partial charge is 0.276 e. The lowest BCUT2D eigenvalue weighted by Gasteiger charge is -2.26. The Bertz CT molecular complexity index is 1380. The summed E-state index contributed by atoms with van der Waals surface area (Å²) in [5.41, 5.74) is 0.133. The zero-order valence-corrected chi connectivity index (χ0v) is 20.1. The molecular weight excluding hydrogens is 456 g/mol. The Labute approximate surface area is 198 Å². The summed E-state index contributed by atoms with van der Waals surface area (Å²) in [6, 6.07) is 11.3. The summed E-state index contributed by atoms with van der Waals surface area (Å²) in [7, 11) is -2.37. The quantitative estimate of drug-likeness (QED) is 0.551. The van der Waals surface area contributed by atoms with Crippen LogP contribution in [0.15, 0.2) is 52.2 Å². The molecule has 1 N–H and O–H groups in total. The minimum Gasteiger partial charge on any atom is -0.495 e. The number of amides is 1. The van der Waals surface area contributed by atoms with E-state index in [9.17, 15) is 18.0 Å². The second kappa shape index (κ2) is 9.94. The molecule has 1 amide bonds. The summed E-state index contributed by atoms with van der Waals surface area (Å²) in [5, 5.41) is 7.90. The van der Waals surface area contributed by atoms with E-state index in [-0.39, 0.29) is 21.9 Å². The molecule has 1 aliphatic heterocycles. The summed E-state index contributed by atoms with van der Waals surface area (Å²) in [4.78, 5) is 25.9. The summed E-state index contributed by atoms with van der Waals surface area (Å²) >= 11 is 0. The molecule has 1 aliphatic rings. The van der Waals surface area contributed by atoms with E-state index in [1.807, 2.05) is 6.92 Å². The Kier molecular flexibility index (Phi) is 6.99. The molecule has 3 aromatic rings. The van der Waals surface area contributed by atoms with Crippen LogP contribution in [0.5, 0.6) is 5.75 Å². The third kappa shape index (κ3) is 4.55. The second-order valence-electron chi connectivity index (χ2n) is 8.21. The molecule has 0 aliphatic carbocycles. The van der Waals surface area contributed by atoms with Crippen LogP contribution in [-0.2, 0) is 16.6 Å². The Balaban J connectivity index is 1.72. The molecule has 2 heterocycles. The molecule has 0 atom stereocenters. The molecular formula is C24H28N4O5S. The zero-order chi connectivity index (χ0) is 24.3. The topological polar surface area (TPSA) is 111 Å². The highest BCUT2D eigenvalue weighted by molar-refractivity contribution is 7.89. The van der Waals surface area contributed by atoms with Gasteiger partial charge in [0.1, 0.15) is 10.6 Å². The fraction of sp³-hybridized carbons (Fsp3) is 0.375. The van der Waals surface area contributed by atoms with Crippen molar-refractivity contribution in [2.75, 3.05) is 25.5 Å². The predicted molar refractivity (Wildman–Crippen MR) is 130 cm³/mol. The number of nitrogens with one attached hydrogen (secondary N) is 1. The number of hydrogen-bond acceptors (Lipinski definition) is 6. The van der Waals surface area contributed by atoms with E-state index in [4.69, 9.17) is 4.74 Å². The average molecular weight is 485 g/mol. The fourth-order valence-electron chi connectivity index (χ4n) is 4.16. The highest BCUT2D eigenvalue weighted by Gasteiger charge is 2.29. The third-order valence-electron chi connectivity index (χ3n) is 5.87. The van der Waals surface area contributed by atoms with E-state index in [1.54, 1.807) is 30.3 Å². The summed E-state index contributed by atoms with van der Waals surface area (Å²) in [6.45, 7) is 3.21. The molecule has 180 valence electrons. The van der Waals surface area contributed by atoms with Crippen molar-refractivity contribution in [1.82, 2.24) is 14.1 Å². The monoisotopic (exact) mass is 484 g/mol. The van der Waals surface area contributed by atoms with Gasteiger partial charge < -0.3 is 10.1 Å². The Morgan fingerprint density at radius 2 is 1.79 bits per heavy atom. The molecule has 1 fully saturated rings. The maximum absolute atomic E-state index is 13.3. The number of sulfonamides is 1. The fourth-order valence-corrected chi connectivity index (χ4v) is 5.86. The van der Waals surface area contributed by atoms with Gasteiger partial charge in [-0.25, -0.2) is 13.1 Å². The van der Waals surface area contributed by atoms with Gasteiger partial charge in [0.2, 0.25) is 10.0 Å². The average Bonchev–Trinajstić information content (AvgIpc) is 2.86. The summed E-state index contributed by atoms with van der Waals surface area (Å²) in [5.74, 6) is -0.323. The van der Waals surface area contributed by atoms with Gasteiger partial charge in [0.05, 0.1) is 12.5 Å². The van der Waals surface area contributed by atoms with E-state index >= 15 is 0 Å². The van der Waals surface area contributed by atoms with Crippen molar-refractivity contribution in [3.63, 3.8) is 0 Å². The van der Waals surface area contributed by atoms with Crippen LogP contribution < -0.4 is 15.6 Å². The van der Waals surface area contributed by atoms with Crippen LogP contribution in [-0.4, -0.2) is 48.6 Å². The largest absolute Gasteiger partial charge is 0.495 e. The molecule has 2 aromatic carbocycles. The molecule has 0 radical (unpaired) electrons. The maximum Gasteiger partial charge on any atom is 0.276 e. The molecule has 4 rings (SSSR count). The molecule has 1 saturated heterocycles. The highest BCUT2D eigenvalue weighted by Crippen LogP contribution is 2.31. The van der Waals surface area contributed by atoms with Gasteiger partial charge in [-0.05, 0) is 43.5 Å². The Morgan fingerprint density at radius 1 is 1.09 bits per heavy atom. The van der Waals surface area contributed by atoms with Gasteiger partial charge in [0.25, 0.3) is 11.5 Å². The number of anilines is 1. The number of ether oxygens (including phenoxy) is 1. The number of aromatic nitrogens is 2. The lowest BCUT2D eigenvalue weighted by molar-refractivity contribution is 0.102. The predicted octanol–water partition coefficient (Wildman–Crippen LogP) is 3.24. The van der Waals surface area contributed by atoms with Crippen molar-refractivity contribution in [1.29, 1.82) is 0 Å². The number of methoxy groups -OCH3 is 1. The van der Waals surface area contributed by atoms with E-state index in [1.165, 1.54) is 28.2 Å². The van der Waals surface area contributed by atoms with Gasteiger partial charge in [-0.2, -0.15) is 9.40 Å². The number of carbonyl (C=O) groups is 1. The standard InChI is InChI=1S/C24H28N4O5S/c1-3-13-28-24(30)19-10-6-5-9-18(19)22(26-28)23(29)25-17-11-12-20(33-2)21(16-17)34(31,32)27-14-7-4-8-15-27/h5-6,9-12,16H,3-4,7-8,13-15H2,1-2H3,(H,25,29). The van der Waals surface area contributed by atoms with Crippen LogP contribution in [0.4, 0.5) is 5.69 Å². The van der Waals surface area contributed by atoms with Crippen molar-refractivity contribution in [2.24, 2.45) is 0 Å². The van der Waals surface area contributed by atoms with Gasteiger partial charge in [0.15, 0.2) is 5.69 Å². The van der Waals surface area contributed by atoms with Gasteiger partial charge in [0, 0.05) is 30.7 Å². The van der Waals surface area contributed by atoms with Crippen LogP contribution in [0.25, 0.3) is 10.8 Å². The van der Waals surface area contributed by atoms with E-state index in [2.05, 4.69) is 10.4 Å². The Morgan fingerprint density at radius 3 is 2.47 bits per heavy atom. The third-order valence-corrected chi connectivity index (χ3v) is 7.79. The Hall–Kier alpha value is -3.24. The first-order chi connectivity index (χ1) is 16.4. The first-order valence-electron chi connectivity index (χ1n) is 11.4. The highest BCUT2D eigenvalue weighted by atomic mass is 32.2. The van der Waals surface area contributed by atoms with Gasteiger partial charge in [-0.15, -0.1) is 0 Å². The molecule has 0 saturated carbocycles. The molecule has 1 aromatic heterocycles. The van der Waals surface area contributed by atoms with Crippen molar-refractivity contribution in [3.8, 4) is 5.75 Å². The number of carbonyl (C=O) groups excluding carboxylic acids is 1. The number of benzene rings is 2. The van der Waals surface area contributed by atoms with Crippen LogP contribution in [0.1, 0.15) is 43.1 Å². The molecule has 9 nitrogen and oxygen atoms in total. The van der Waals surface area contributed by atoms with E-state index in [0.717, 1.165) is 19.3 Å². The minimum absolute atomic E-state index is 0.00321. The number of fused-ring (bicyclic) bond motifs is 1. The molecule has 10 heteroatoms. The number of hydrogen-bond donors (Lipinski definition) is 1. The van der Waals surface area contributed by atoms with Crippen molar-refractivity contribution >= 4 is 32.4 Å². The minimum atomic E-state index is -3.79. The molecule has 34 heavy (non-hydrogen) atoms. The van der Waals surface area contributed by atoms with Gasteiger partial charge in [-0.1, -0.05) is 31.5 Å². The lowest BCUT2D eigenvalue weighted by atomic mass is 10.1. The lowest BCUT2D eigenvalue weighted by Crippen LogP contribution is -2.35. The summed E-state index contributed by atoms with van der Waals surface area (Å²) < 4.78 is 34.6. The number of aryl methyl sites for hydroxylation is 1. The first-order valence-corrected chi connectivity index (χ1v) is 12.8. The van der Waals surface area contributed by atoms with Crippen LogP contribution in [0.2, 0.25) is 0 Å². The normalized spacial score (nSPS) is 14.8. The van der Waals surface area contributed by atoms with Gasteiger partial charge in [-0.3, -0.25) is 9.59 Å².